The molecule has 6 nitrogen and oxygen atoms in total. The lowest BCUT2D eigenvalue weighted by Gasteiger charge is -2.37. The van der Waals surface area contributed by atoms with Crippen LogP contribution in [0.5, 0.6) is 5.75 Å². The van der Waals surface area contributed by atoms with Gasteiger partial charge in [0.15, 0.2) is 5.75 Å². The molecule has 4 rings (SSSR count). The van der Waals surface area contributed by atoms with Crippen LogP contribution in [0.2, 0.25) is 0 Å². The van der Waals surface area contributed by atoms with Crippen molar-refractivity contribution < 1.29 is 30.9 Å². The van der Waals surface area contributed by atoms with Gasteiger partial charge in [-0.2, -0.15) is 26.7 Å². The van der Waals surface area contributed by atoms with Gasteiger partial charge in [0.1, 0.15) is 5.54 Å². The normalized spacial score (nSPS) is 12.4. The van der Waals surface area contributed by atoms with E-state index in [-0.39, 0.29) is 25.1 Å². The lowest BCUT2D eigenvalue weighted by molar-refractivity contribution is -0.0500. The van der Waals surface area contributed by atoms with Gasteiger partial charge < -0.3 is 9.29 Å². The Morgan fingerprint density at radius 2 is 1.25 bits per heavy atom. The highest BCUT2D eigenvalue weighted by Crippen LogP contribution is 2.43. The van der Waals surface area contributed by atoms with Crippen molar-refractivity contribution in [2.24, 2.45) is 0 Å². The lowest BCUT2D eigenvalue weighted by atomic mass is 9.77. The molecule has 0 atom stereocenters. The minimum absolute atomic E-state index is 0.00740. The number of halogens is 3. The Morgan fingerprint density at radius 3 is 1.64 bits per heavy atom. The van der Waals surface area contributed by atoms with Crippen molar-refractivity contribution in [3.63, 3.8) is 0 Å². The number of rotatable bonds is 9. The fourth-order valence-corrected chi connectivity index (χ4v) is 4.73. The third kappa shape index (κ3) is 4.61. The molecule has 0 amide bonds. The summed E-state index contributed by atoms with van der Waals surface area (Å²) in [6.07, 6.45) is 1.12. The highest BCUT2D eigenvalue weighted by atomic mass is 32.2. The molecule has 0 aliphatic carbocycles. The summed E-state index contributed by atoms with van der Waals surface area (Å²) in [4.78, 5) is 0. The van der Waals surface area contributed by atoms with E-state index in [2.05, 4.69) is 9.28 Å². The monoisotopic (exact) mass is 516 g/mol. The smallest absolute Gasteiger partial charge is 0.396 e. The predicted octanol–water partition coefficient (Wildman–Crippen LogP) is 4.88. The number of alkyl halides is 3. The van der Waals surface area contributed by atoms with Gasteiger partial charge in [-0.3, -0.25) is 0 Å². The van der Waals surface area contributed by atoms with Gasteiger partial charge in [-0.1, -0.05) is 91.0 Å². The fraction of sp³-hybridized carbons (Fsp3) is 0.192. The number of aliphatic hydroxyl groups is 1. The third-order valence-electron chi connectivity index (χ3n) is 5.78. The maximum Gasteiger partial charge on any atom is 0.534 e. The number of benzene rings is 3. The maximum atomic E-state index is 13.2. The van der Waals surface area contributed by atoms with E-state index in [0.29, 0.717) is 0 Å². The van der Waals surface area contributed by atoms with Crippen LogP contribution in [0, 0.1) is 0 Å². The average molecular weight is 517 g/mol. The van der Waals surface area contributed by atoms with Crippen LogP contribution in [-0.2, 0) is 22.1 Å². The molecule has 1 N–H and O–H groups in total. The quantitative estimate of drug-likeness (QED) is 0.195. The van der Waals surface area contributed by atoms with Crippen LogP contribution < -0.4 is 4.18 Å². The van der Waals surface area contributed by atoms with E-state index >= 15 is 0 Å². The number of aromatic nitrogens is 2. The zero-order valence-electron chi connectivity index (χ0n) is 19.0. The second-order valence-electron chi connectivity index (χ2n) is 7.99. The number of aliphatic hydroxyl groups excluding tert-OH is 1. The summed E-state index contributed by atoms with van der Waals surface area (Å²) in [5, 5.41) is 13.9. The summed E-state index contributed by atoms with van der Waals surface area (Å²) < 4.78 is 69.3. The van der Waals surface area contributed by atoms with E-state index in [1.165, 1.54) is 4.68 Å². The van der Waals surface area contributed by atoms with E-state index in [9.17, 15) is 26.7 Å². The number of hydrogen-bond donors (Lipinski definition) is 1. The Hall–Kier alpha value is -3.63. The highest BCUT2D eigenvalue weighted by Gasteiger charge is 2.49. The second-order valence-corrected chi connectivity index (χ2v) is 9.52. The van der Waals surface area contributed by atoms with E-state index in [1.54, 1.807) is 0 Å². The molecule has 0 bridgehead atoms. The van der Waals surface area contributed by atoms with Gasteiger partial charge in [0.2, 0.25) is 0 Å². The molecule has 0 aliphatic rings. The minimum Gasteiger partial charge on any atom is -0.396 e. The van der Waals surface area contributed by atoms with E-state index in [1.807, 2.05) is 91.0 Å². The van der Waals surface area contributed by atoms with E-state index in [0.717, 1.165) is 22.9 Å². The largest absolute Gasteiger partial charge is 0.534 e. The molecule has 0 saturated heterocycles. The summed E-state index contributed by atoms with van der Waals surface area (Å²) in [5.74, 6) is -0.548. The van der Waals surface area contributed by atoms with Crippen LogP contribution in [0.15, 0.2) is 97.2 Å². The Kier molecular flexibility index (Phi) is 7.18. The van der Waals surface area contributed by atoms with Crippen LogP contribution >= 0.6 is 0 Å². The topological polar surface area (TPSA) is 81.4 Å². The van der Waals surface area contributed by atoms with Crippen LogP contribution in [0.25, 0.3) is 0 Å². The molecule has 188 valence electrons. The molecule has 10 heteroatoms. The van der Waals surface area contributed by atoms with Crippen molar-refractivity contribution in [3.05, 3.63) is 120 Å². The molecule has 0 spiro atoms. The van der Waals surface area contributed by atoms with Crippen molar-refractivity contribution in [2.75, 3.05) is 6.61 Å². The molecule has 0 fully saturated rings. The van der Waals surface area contributed by atoms with Gasteiger partial charge in [0, 0.05) is 6.61 Å². The molecule has 0 unspecified atom stereocenters. The van der Waals surface area contributed by atoms with Gasteiger partial charge in [0.05, 0.1) is 11.9 Å². The van der Waals surface area contributed by atoms with Crippen molar-refractivity contribution >= 4 is 10.1 Å². The molecule has 1 heterocycles. The summed E-state index contributed by atoms with van der Waals surface area (Å²) in [6.45, 7) is -0.272. The SMILES string of the molecule is O=S(=O)(Oc1cnn(C(c2ccccc2)(c2ccccc2)c2ccccc2)c1CCCO)C(F)(F)F. The molecule has 3 aromatic carbocycles. The van der Waals surface area contributed by atoms with Crippen LogP contribution in [0.1, 0.15) is 28.8 Å². The standard InChI is InChI=1S/C26H23F3N2O4S/c27-26(28,29)36(33,34)35-24-19-30-31(23(24)17-10-18-32)25(20-11-4-1-5-12-20,21-13-6-2-7-14-21)22-15-8-3-9-16-22/h1-9,11-16,19,32H,10,17-18H2. The molecule has 4 aromatic rings. The van der Waals surface area contributed by atoms with Gasteiger partial charge >= 0.3 is 15.6 Å². The summed E-state index contributed by atoms with van der Waals surface area (Å²) in [5.41, 5.74) is -4.51. The molecule has 0 aliphatic heterocycles. The zero-order chi connectivity index (χ0) is 25.8. The van der Waals surface area contributed by atoms with Gasteiger partial charge in [0.25, 0.3) is 0 Å². The number of hydrogen-bond acceptors (Lipinski definition) is 5. The minimum atomic E-state index is -5.94. The molecule has 36 heavy (non-hydrogen) atoms. The molecule has 0 radical (unpaired) electrons. The first kappa shape index (κ1) is 25.5. The van der Waals surface area contributed by atoms with Crippen molar-refractivity contribution in [2.45, 2.75) is 23.9 Å². The van der Waals surface area contributed by atoms with Gasteiger partial charge in [-0.25, -0.2) is 4.68 Å². The Labute approximate surface area is 206 Å². The van der Waals surface area contributed by atoms with E-state index in [4.69, 9.17) is 0 Å². The van der Waals surface area contributed by atoms with Gasteiger partial charge in [-0.15, -0.1) is 0 Å². The van der Waals surface area contributed by atoms with Crippen LogP contribution in [0.3, 0.4) is 0 Å². The van der Waals surface area contributed by atoms with Crippen molar-refractivity contribution in [1.29, 1.82) is 0 Å². The predicted molar refractivity (Wildman–Crippen MR) is 128 cm³/mol. The summed E-state index contributed by atoms with van der Waals surface area (Å²) >= 11 is 0. The fourth-order valence-electron chi connectivity index (χ4n) is 4.26. The number of nitrogens with zero attached hydrogens (tertiary/aromatic N) is 2. The van der Waals surface area contributed by atoms with Crippen LogP contribution in [-0.4, -0.2) is 35.4 Å². The average Bonchev–Trinajstić information content (AvgIpc) is 3.26. The maximum absolute atomic E-state index is 13.2. The third-order valence-corrected chi connectivity index (χ3v) is 6.74. The molecule has 1 aromatic heterocycles. The Morgan fingerprint density at radius 1 is 0.806 bits per heavy atom. The first-order valence-corrected chi connectivity index (χ1v) is 12.5. The van der Waals surface area contributed by atoms with Crippen molar-refractivity contribution in [3.8, 4) is 5.75 Å². The molecule has 0 saturated carbocycles. The molecular formula is C26H23F3N2O4S. The first-order chi connectivity index (χ1) is 17.2. The Balaban J connectivity index is 2.07. The van der Waals surface area contributed by atoms with Gasteiger partial charge in [-0.05, 0) is 29.5 Å². The first-order valence-electron chi connectivity index (χ1n) is 11.1. The lowest BCUT2D eigenvalue weighted by Crippen LogP contribution is -2.40. The zero-order valence-corrected chi connectivity index (χ0v) is 19.8. The van der Waals surface area contributed by atoms with Crippen LogP contribution in [0.4, 0.5) is 13.2 Å². The second kappa shape index (κ2) is 10.2. The summed E-state index contributed by atoms with van der Waals surface area (Å²) in [7, 11) is -5.94. The van der Waals surface area contributed by atoms with E-state index < -0.39 is 26.9 Å². The Bertz CT molecular complexity index is 1290. The van der Waals surface area contributed by atoms with Crippen molar-refractivity contribution in [1.82, 2.24) is 9.78 Å². The summed E-state index contributed by atoms with van der Waals surface area (Å²) in [6, 6.07) is 27.7. The molecular weight excluding hydrogens is 493 g/mol. The highest BCUT2D eigenvalue weighted by molar-refractivity contribution is 7.88.